The lowest BCUT2D eigenvalue weighted by molar-refractivity contribution is -0.0883. The van der Waals surface area contributed by atoms with E-state index in [1.165, 1.54) is 24.3 Å². The summed E-state index contributed by atoms with van der Waals surface area (Å²) in [6, 6.07) is 6.58. The molecule has 2 N–H and O–H groups in total. The van der Waals surface area contributed by atoms with Gasteiger partial charge in [-0.3, -0.25) is 31.9 Å². The van der Waals surface area contributed by atoms with E-state index in [0.29, 0.717) is 105 Å². The number of H-pyrrole nitrogens is 1. The predicted octanol–water partition coefficient (Wildman–Crippen LogP) is 5.25. The van der Waals surface area contributed by atoms with Gasteiger partial charge in [0.2, 0.25) is 0 Å². The van der Waals surface area contributed by atoms with Crippen molar-refractivity contribution in [2.45, 2.75) is 242 Å². The van der Waals surface area contributed by atoms with Crippen LogP contribution < -0.4 is 28.4 Å². The van der Waals surface area contributed by atoms with Crippen LogP contribution >= 0.6 is 0 Å². The highest BCUT2D eigenvalue weighted by molar-refractivity contribution is 7.87. The molecule has 5 aromatic heterocycles. The molecular weight excluding hydrogens is 1380 g/mol. The minimum atomic E-state index is -6.12. The Balaban J connectivity index is 0.000000151. The van der Waals surface area contributed by atoms with E-state index < -0.39 is 116 Å². The average molecular weight is 1470 g/mol. The number of benzene rings is 1. The molecule has 1 aromatic carbocycles. The van der Waals surface area contributed by atoms with Crippen LogP contribution in [-0.4, -0.2) is 173 Å². The summed E-state index contributed by atoms with van der Waals surface area (Å²) in [5, 5.41) is 30.0. The number of hydrogen-bond acceptors (Lipinski definition) is 17. The molecule has 0 aliphatic carbocycles. The molecule has 2 unspecified atom stereocenters. The van der Waals surface area contributed by atoms with Crippen molar-refractivity contribution in [1.29, 1.82) is 0 Å². The number of fused-ring (bicyclic) bond motifs is 7. The lowest BCUT2D eigenvalue weighted by atomic mass is 9.99. The van der Waals surface area contributed by atoms with Crippen LogP contribution in [0.15, 0.2) is 48.2 Å². The molecule has 552 valence electrons. The van der Waals surface area contributed by atoms with Crippen molar-refractivity contribution < 1.29 is 79.6 Å². The molecule has 41 heteroatoms. The predicted molar refractivity (Wildman–Crippen MR) is 329 cm³/mol. The average Bonchev–Trinajstić information content (AvgIpc) is 1.69. The van der Waals surface area contributed by atoms with Crippen LogP contribution in [0.2, 0.25) is 18.1 Å². The molecule has 2 bridgehead atoms. The Hall–Kier alpha value is -6.95. The fourth-order valence-corrected chi connectivity index (χ4v) is 13.7. The number of aliphatic hydroxyl groups excluding tert-OH is 1. The van der Waals surface area contributed by atoms with Crippen LogP contribution in [-0.2, 0) is 121 Å². The molecule has 12 heterocycles. The smallest absolute Gasteiger partial charge is 0.411 e. The van der Waals surface area contributed by atoms with Gasteiger partial charge in [0.05, 0.1) is 25.9 Å². The summed E-state index contributed by atoms with van der Waals surface area (Å²) in [4.78, 5) is 60.1. The number of aromatic nitrogens is 15. The number of hydrogen-bond donors (Lipinski definition) is 2. The SMILES string of the molecule is CC(C)(C)[Si](C)(C)OCC(F)(F)Cn1nc2n(c1=O)CCC2.O=c1[nH]nc2n1CCC2.O=c1n(CC(F)(F)CN2C3CCC2CC(OCc2ccccc2F)C3)nc2n1CCC2.O=c1n(CC(F)(F)CO)nc2n1CCC2.O=c1n(CC(F)(F)COS(=O)(=O)C(F)(F)F)nc2n1CCC2. The van der Waals surface area contributed by atoms with E-state index >= 15 is 0 Å². The maximum Gasteiger partial charge on any atom is 0.523 e. The quantitative estimate of drug-likeness (QED) is 0.0427. The zero-order valence-corrected chi connectivity index (χ0v) is 56.8. The first-order valence-corrected chi connectivity index (χ1v) is 36.6. The fourth-order valence-electron chi connectivity index (χ4n) is 12.3. The highest BCUT2D eigenvalue weighted by Crippen LogP contribution is 2.40. The first-order valence-electron chi connectivity index (χ1n) is 32.3. The van der Waals surface area contributed by atoms with E-state index in [-0.39, 0.29) is 47.9 Å². The van der Waals surface area contributed by atoms with Gasteiger partial charge in [-0.2, -0.15) is 47.1 Å². The number of rotatable bonds is 20. The zero-order chi connectivity index (χ0) is 72.4. The van der Waals surface area contributed by atoms with Crippen molar-refractivity contribution >= 4 is 18.4 Å². The summed E-state index contributed by atoms with van der Waals surface area (Å²) in [5.74, 6) is -10.8. The molecule has 2 fully saturated rings. The van der Waals surface area contributed by atoms with Crippen molar-refractivity contribution in [1.82, 2.24) is 77.1 Å². The minimum absolute atomic E-state index is 0.0268. The van der Waals surface area contributed by atoms with Gasteiger partial charge in [0.1, 0.15) is 74.3 Å². The molecule has 0 saturated carbocycles. The molecule has 7 aliphatic heterocycles. The molecule has 2 atom stereocenters. The Bertz CT molecular complexity index is 4210. The second kappa shape index (κ2) is 29.9. The molecule has 13 rings (SSSR count). The number of ether oxygens (including phenoxy) is 1. The van der Waals surface area contributed by atoms with E-state index in [9.17, 15) is 85.1 Å². The number of piperidine rings is 1. The Morgan fingerprint density at radius 3 is 1.34 bits per heavy atom. The third-order valence-electron chi connectivity index (χ3n) is 18.3. The van der Waals surface area contributed by atoms with E-state index in [1.807, 2.05) is 38.8 Å². The number of aliphatic hydroxyl groups is 1. The molecule has 99 heavy (non-hydrogen) atoms. The van der Waals surface area contributed by atoms with Gasteiger partial charge in [0.25, 0.3) is 23.7 Å². The van der Waals surface area contributed by atoms with Crippen molar-refractivity contribution in [3.63, 3.8) is 0 Å². The van der Waals surface area contributed by atoms with Gasteiger partial charge in [0.15, 0.2) is 8.32 Å². The van der Waals surface area contributed by atoms with Crippen LogP contribution in [0.4, 0.5) is 52.7 Å². The van der Waals surface area contributed by atoms with Crippen molar-refractivity contribution in [3.8, 4) is 0 Å². The highest BCUT2D eigenvalue weighted by atomic mass is 32.2. The molecule has 0 radical (unpaired) electrons. The molecule has 2 saturated heterocycles. The number of aromatic amines is 1. The summed E-state index contributed by atoms with van der Waals surface area (Å²) < 4.78 is 207. The summed E-state index contributed by atoms with van der Waals surface area (Å²) >= 11 is 0. The summed E-state index contributed by atoms with van der Waals surface area (Å²) in [6.07, 6.45) is 10.6. The number of nitrogens with one attached hydrogen (secondary N) is 1. The zero-order valence-electron chi connectivity index (χ0n) is 55.0. The minimum Gasteiger partial charge on any atom is -0.411 e. The van der Waals surface area contributed by atoms with Crippen molar-refractivity contribution in [2.24, 2.45) is 0 Å². The largest absolute Gasteiger partial charge is 0.523 e. The Morgan fingerprint density at radius 2 is 0.949 bits per heavy atom. The lowest BCUT2D eigenvalue weighted by Crippen LogP contribution is -2.51. The van der Waals surface area contributed by atoms with Gasteiger partial charge in [-0.1, -0.05) is 39.0 Å². The molecule has 7 aliphatic rings. The van der Waals surface area contributed by atoms with E-state index in [1.54, 1.807) is 22.8 Å². The fraction of sp³-hybridized carbons (Fsp3) is 0.724. The molecule has 27 nitrogen and oxygen atoms in total. The molecule has 0 spiro atoms. The van der Waals surface area contributed by atoms with Crippen LogP contribution in [0.3, 0.4) is 0 Å². The lowest BCUT2D eigenvalue weighted by Gasteiger charge is -2.40. The molecular formula is C58H80F12N16O11SSi. The van der Waals surface area contributed by atoms with Crippen molar-refractivity contribution in [3.05, 3.63) is 117 Å². The Kier molecular flexibility index (Phi) is 23.0. The van der Waals surface area contributed by atoms with Crippen LogP contribution in [0, 0.1) is 5.82 Å². The first kappa shape index (κ1) is 76.2. The number of halogens is 12. The van der Waals surface area contributed by atoms with E-state index in [2.05, 4.69) is 34.8 Å². The highest BCUT2D eigenvalue weighted by Gasteiger charge is 2.50. The third-order valence-corrected chi connectivity index (χ3v) is 23.8. The Morgan fingerprint density at radius 1 is 0.556 bits per heavy atom. The van der Waals surface area contributed by atoms with Crippen LogP contribution in [0.5, 0.6) is 0 Å². The normalized spacial score (nSPS) is 19.1. The maximum absolute atomic E-state index is 14.9. The maximum atomic E-state index is 14.9. The third kappa shape index (κ3) is 18.6. The van der Waals surface area contributed by atoms with E-state index in [4.69, 9.17) is 14.3 Å². The second-order valence-electron chi connectivity index (χ2n) is 27.0. The van der Waals surface area contributed by atoms with Crippen LogP contribution in [0.25, 0.3) is 0 Å². The Labute approximate surface area is 558 Å². The topological polar surface area (TPSA) is 295 Å². The summed E-state index contributed by atoms with van der Waals surface area (Å²) in [5.41, 5.74) is -7.57. The second-order valence-corrected chi connectivity index (χ2v) is 33.4. The van der Waals surface area contributed by atoms with Gasteiger partial charge in [-0.25, -0.2) is 87.3 Å². The van der Waals surface area contributed by atoms with Gasteiger partial charge in [-0.05, 0) is 82.0 Å². The van der Waals surface area contributed by atoms with Crippen LogP contribution in [0.1, 0.15) is 113 Å². The molecule has 6 aromatic rings. The first-order chi connectivity index (χ1) is 46.2. The summed E-state index contributed by atoms with van der Waals surface area (Å²) in [6.45, 7) is 4.89. The monoisotopic (exact) mass is 1460 g/mol. The van der Waals surface area contributed by atoms with Crippen molar-refractivity contribution in [2.75, 3.05) is 26.4 Å². The number of nitrogens with zero attached hydrogens (tertiary/aromatic N) is 15. The van der Waals surface area contributed by atoms with Gasteiger partial charge in [0, 0.05) is 82.5 Å². The molecule has 0 amide bonds. The standard InChI is InChI=1S/C22H27F3N4O2.C14H25F2N3O2Si.C9H10F5N3O4S.C8H11F2N3O2.C5H7N3O/c23-19-5-2-1-4-15(19)12-31-18-10-16-7-8-17(11-18)28(16)13-22(24,25)14-29-21(30)27-9-3-6-20(27)26-29;1-13(2,3)22(4,5)21-10-14(15,16)9-19-12(20)18-8-6-7-11(18)17-19;10-8(11,5-21-22(19,20)9(12,13)14)4-17-7(18)16-3-1-2-6(16)15-17;9-8(10,5-14)4-13-7(15)12-3-1-2-6(12)11-13;9-5-7-6-4-2-1-3-8(4)5/h1-2,4-5,16-18H,3,6-14H2;6-10H2,1-5H3;1-5H2;14H,1-5H2;1-3H2,(H,7,9). The van der Waals surface area contributed by atoms with E-state index in [0.717, 1.165) is 71.4 Å². The number of alkyl halides is 11. The van der Waals surface area contributed by atoms with Gasteiger partial charge in [-0.15, -0.1) is 0 Å². The van der Waals surface area contributed by atoms with Gasteiger partial charge >= 0.3 is 44.1 Å². The summed E-state index contributed by atoms with van der Waals surface area (Å²) in [7, 11) is -8.36. The van der Waals surface area contributed by atoms with Gasteiger partial charge < -0.3 is 14.3 Å². The number of aryl methyl sites for hydroxylation is 5.